The molecule has 2 saturated heterocycles. The zero-order chi connectivity index (χ0) is 24.7. The largest absolute Gasteiger partial charge is 0.508 e. The van der Waals surface area contributed by atoms with E-state index in [0.717, 1.165) is 0 Å². The van der Waals surface area contributed by atoms with E-state index in [1.54, 1.807) is 13.8 Å². The summed E-state index contributed by atoms with van der Waals surface area (Å²) in [7, 11) is 0. The van der Waals surface area contributed by atoms with Crippen molar-refractivity contribution in [1.82, 2.24) is 15.5 Å². The number of aromatic hydroxyl groups is 1. The fourth-order valence-electron chi connectivity index (χ4n) is 4.01. The highest BCUT2D eigenvalue weighted by atomic mass is 32.2. The number of amides is 3. The molecule has 2 aliphatic rings. The van der Waals surface area contributed by atoms with Crippen molar-refractivity contribution in [2.45, 2.75) is 54.6 Å². The average Bonchev–Trinajstić information content (AvgIpc) is 2.97. The molecule has 0 bridgehead atoms. The number of β-lactam (4-membered cyclic amide) rings is 1. The van der Waals surface area contributed by atoms with Gasteiger partial charge in [-0.05, 0) is 31.5 Å². The lowest BCUT2D eigenvalue weighted by Gasteiger charge is -2.44. The second kappa shape index (κ2) is 8.90. The quantitative estimate of drug-likeness (QED) is 0.238. The van der Waals surface area contributed by atoms with Gasteiger partial charge in [0.15, 0.2) is 0 Å². The molecule has 0 unspecified atom stereocenters. The number of benzene rings is 1. The van der Waals surface area contributed by atoms with Gasteiger partial charge in [0.2, 0.25) is 17.7 Å². The van der Waals surface area contributed by atoms with Crippen LogP contribution in [-0.4, -0.2) is 78.1 Å². The summed E-state index contributed by atoms with van der Waals surface area (Å²) in [5.41, 5.74) is 5.66. The lowest BCUT2D eigenvalue weighted by atomic mass is 9.95. The second-order valence-corrected chi connectivity index (χ2v) is 10.1. The molecule has 3 rings (SSSR count). The minimum Gasteiger partial charge on any atom is -0.508 e. The lowest BCUT2D eigenvalue weighted by Crippen LogP contribution is -2.72. The van der Waals surface area contributed by atoms with Gasteiger partial charge >= 0.3 is 11.9 Å². The predicted molar refractivity (Wildman–Crippen MR) is 115 cm³/mol. The second-order valence-electron chi connectivity index (χ2n) is 8.33. The summed E-state index contributed by atoms with van der Waals surface area (Å²) in [6, 6.07) is 0.607. The number of phenolic OH excluding ortho intramolecular Hbond substituents is 1. The Morgan fingerprint density at radius 3 is 2.30 bits per heavy atom. The Balaban J connectivity index is 1.77. The number of aliphatic carboxylic acids is 2. The number of nitrogens with zero attached hydrogens (tertiary/aromatic N) is 1. The van der Waals surface area contributed by atoms with E-state index in [1.807, 2.05) is 0 Å². The number of thioether (sulfide) groups is 1. The minimum atomic E-state index is -1.40. The van der Waals surface area contributed by atoms with E-state index in [4.69, 9.17) is 5.73 Å². The normalized spacial score (nSPS) is 24.8. The van der Waals surface area contributed by atoms with Gasteiger partial charge in [0, 0.05) is 4.75 Å². The average molecular weight is 480 g/mol. The van der Waals surface area contributed by atoms with Gasteiger partial charge in [-0.2, -0.15) is 0 Å². The molecule has 2 aliphatic heterocycles. The van der Waals surface area contributed by atoms with Gasteiger partial charge in [0.05, 0.1) is 12.5 Å². The van der Waals surface area contributed by atoms with Crippen molar-refractivity contribution in [2.24, 2.45) is 5.73 Å². The van der Waals surface area contributed by atoms with Crippen LogP contribution in [-0.2, 0) is 24.0 Å². The molecule has 33 heavy (non-hydrogen) atoms. The summed E-state index contributed by atoms with van der Waals surface area (Å²) < 4.78 is -0.789. The van der Waals surface area contributed by atoms with Crippen molar-refractivity contribution in [3.8, 4) is 5.75 Å². The van der Waals surface area contributed by atoms with Crippen LogP contribution in [0.2, 0.25) is 0 Å². The number of carbonyl (C=O) groups excluding carboxylic acids is 3. The maximum Gasteiger partial charge on any atom is 0.327 e. The van der Waals surface area contributed by atoms with E-state index in [9.17, 15) is 39.3 Å². The molecular weight excluding hydrogens is 456 g/mol. The van der Waals surface area contributed by atoms with Crippen LogP contribution >= 0.6 is 11.8 Å². The molecule has 0 radical (unpaired) electrons. The third kappa shape index (κ3) is 4.73. The van der Waals surface area contributed by atoms with E-state index in [2.05, 4.69) is 10.6 Å². The molecule has 2 fully saturated rings. The van der Waals surface area contributed by atoms with Crippen LogP contribution in [0, 0.1) is 0 Å². The number of nitrogens with two attached hydrogens (primary N) is 1. The van der Waals surface area contributed by atoms with Crippen LogP contribution in [0.4, 0.5) is 0 Å². The van der Waals surface area contributed by atoms with E-state index < -0.39 is 70.4 Å². The zero-order valence-electron chi connectivity index (χ0n) is 17.7. The van der Waals surface area contributed by atoms with E-state index >= 15 is 0 Å². The summed E-state index contributed by atoms with van der Waals surface area (Å²) in [6.45, 7) is 3.38. The Labute approximate surface area is 192 Å². The molecule has 178 valence electrons. The first-order valence-electron chi connectivity index (χ1n) is 9.92. The van der Waals surface area contributed by atoms with Gasteiger partial charge in [0.1, 0.15) is 29.2 Å². The molecule has 0 aromatic heterocycles. The first kappa shape index (κ1) is 24.3. The highest BCUT2D eigenvalue weighted by molar-refractivity contribution is 8.01. The van der Waals surface area contributed by atoms with E-state index in [0.29, 0.717) is 0 Å². The number of primary amides is 1. The van der Waals surface area contributed by atoms with Gasteiger partial charge in [-0.15, -0.1) is 11.8 Å². The predicted octanol–water partition coefficient (Wildman–Crippen LogP) is -1.02. The number of hydrogen-bond donors (Lipinski definition) is 6. The molecule has 1 aromatic carbocycles. The number of carboxylic acids is 2. The Bertz CT molecular complexity index is 998. The number of carboxylic acid groups (broad SMARTS) is 2. The molecular formula is C20H24N4O8S. The van der Waals surface area contributed by atoms with Crippen molar-refractivity contribution < 1.29 is 39.3 Å². The lowest BCUT2D eigenvalue weighted by molar-refractivity contribution is -0.161. The van der Waals surface area contributed by atoms with Crippen LogP contribution in [0.5, 0.6) is 5.75 Å². The molecule has 13 heteroatoms. The number of rotatable bonds is 9. The highest BCUT2D eigenvalue weighted by Crippen LogP contribution is 2.50. The topological polar surface area (TPSA) is 199 Å². The van der Waals surface area contributed by atoms with Gasteiger partial charge in [-0.25, -0.2) is 4.79 Å². The summed E-state index contributed by atoms with van der Waals surface area (Å²) in [4.78, 5) is 61.7. The molecule has 5 atom stereocenters. The van der Waals surface area contributed by atoms with Crippen LogP contribution in [0.25, 0.3) is 0 Å². The summed E-state index contributed by atoms with van der Waals surface area (Å²) in [6.07, 6.45) is -0.695. The third-order valence-corrected chi connectivity index (χ3v) is 7.12. The van der Waals surface area contributed by atoms with Crippen LogP contribution in [0.15, 0.2) is 24.3 Å². The fourth-order valence-corrected chi connectivity index (χ4v) is 5.65. The first-order valence-corrected chi connectivity index (χ1v) is 10.8. The molecule has 0 saturated carbocycles. The summed E-state index contributed by atoms with van der Waals surface area (Å²) in [5, 5.41) is 32.7. The number of nitrogens with one attached hydrogen (secondary N) is 2. The fraction of sp³-hybridized carbons (Fsp3) is 0.450. The van der Waals surface area contributed by atoms with Crippen LogP contribution in [0.1, 0.15) is 31.9 Å². The highest BCUT2D eigenvalue weighted by Gasteiger charge is 2.64. The van der Waals surface area contributed by atoms with Gasteiger partial charge < -0.3 is 31.3 Å². The molecule has 12 nitrogen and oxygen atoms in total. The Hall–Kier alpha value is -3.32. The van der Waals surface area contributed by atoms with Crippen molar-refractivity contribution >= 4 is 41.4 Å². The molecule has 3 amide bonds. The summed E-state index contributed by atoms with van der Waals surface area (Å²) >= 11 is 1.24. The van der Waals surface area contributed by atoms with Gasteiger partial charge in [-0.1, -0.05) is 12.1 Å². The van der Waals surface area contributed by atoms with E-state index in [1.165, 1.54) is 40.9 Å². The van der Waals surface area contributed by atoms with Crippen LogP contribution < -0.4 is 16.4 Å². The number of carbonyl (C=O) groups is 5. The smallest absolute Gasteiger partial charge is 0.327 e. The zero-order valence-corrected chi connectivity index (χ0v) is 18.5. The Morgan fingerprint density at radius 2 is 1.79 bits per heavy atom. The maximum atomic E-state index is 12.9. The number of fused-ring (bicyclic) bond motifs is 1. The first-order chi connectivity index (χ1) is 15.3. The molecule has 7 N–H and O–H groups in total. The van der Waals surface area contributed by atoms with Crippen molar-refractivity contribution in [1.29, 1.82) is 0 Å². The third-order valence-electron chi connectivity index (χ3n) is 5.55. The maximum absolute atomic E-state index is 12.9. The molecule has 2 heterocycles. The molecule has 0 aliphatic carbocycles. The molecule has 1 aromatic rings. The van der Waals surface area contributed by atoms with Gasteiger partial charge in [0.25, 0.3) is 0 Å². The van der Waals surface area contributed by atoms with Gasteiger partial charge in [-0.3, -0.25) is 24.5 Å². The SMILES string of the molecule is CC1(C)S[C@@H]2[C@H](N[C@@H](CC(=O)O)C(=O)N[C@@H](C(N)=O)c3ccc(O)cc3)C(=O)N2[C@H]1C(=O)O. The number of hydrogen-bond acceptors (Lipinski definition) is 8. The van der Waals surface area contributed by atoms with E-state index in [-0.39, 0.29) is 11.3 Å². The monoisotopic (exact) mass is 480 g/mol. The van der Waals surface area contributed by atoms with Crippen molar-refractivity contribution in [3.05, 3.63) is 29.8 Å². The van der Waals surface area contributed by atoms with Crippen molar-refractivity contribution in [2.75, 3.05) is 0 Å². The summed E-state index contributed by atoms with van der Waals surface area (Å²) in [5.74, 6) is -4.89. The standard InChI is InChI=1S/C20H24N4O8S/c1-20(2)14(19(31)32)24-17(30)13(18(24)33-20)22-10(7-11(26)27)16(29)23-12(15(21)28)8-3-5-9(25)6-4-8/h3-6,10,12-14,18,22,25H,7H2,1-2H3,(H2,21,28)(H,23,29)(H,26,27)(H,31,32)/t10-,12+,13+,14-,18+/m0/s1. The van der Waals surface area contributed by atoms with Crippen molar-refractivity contribution in [3.63, 3.8) is 0 Å². The molecule has 0 spiro atoms. The van der Waals surface area contributed by atoms with Crippen LogP contribution in [0.3, 0.4) is 0 Å². The minimum absolute atomic E-state index is 0.0663. The Kier molecular flexibility index (Phi) is 6.56. The number of phenols is 1. The Morgan fingerprint density at radius 1 is 1.18 bits per heavy atom.